The van der Waals surface area contributed by atoms with E-state index in [0.29, 0.717) is 13.4 Å². The molecule has 0 saturated carbocycles. The van der Waals surface area contributed by atoms with Gasteiger partial charge in [0, 0.05) is 27.8 Å². The Balaban J connectivity index is 1.67. The Kier molecular flexibility index (Phi) is 4.43. The average Bonchev–Trinajstić information content (AvgIpc) is 3.14. The highest BCUT2D eigenvalue weighted by Crippen LogP contribution is 2.38. The normalized spacial score (nSPS) is 10.9. The third-order valence-corrected chi connectivity index (χ3v) is 4.92. The van der Waals surface area contributed by atoms with Gasteiger partial charge in [-0.05, 0) is 60.7 Å². The molecule has 0 aliphatic carbocycles. The lowest BCUT2D eigenvalue weighted by atomic mass is 10.1. The van der Waals surface area contributed by atoms with E-state index in [1.54, 1.807) is 0 Å². The molecule has 0 fully saturated rings. The van der Waals surface area contributed by atoms with Crippen LogP contribution in [0.15, 0.2) is 101 Å². The zero-order valence-electron chi connectivity index (χ0n) is 15.5. The van der Waals surface area contributed by atoms with Crippen LogP contribution in [0.2, 0.25) is 0 Å². The zero-order chi connectivity index (χ0) is 19.6. The molecule has 0 saturated heterocycles. The molecular weight excluding hydrogens is 361 g/mol. The van der Waals surface area contributed by atoms with Gasteiger partial charge in [-0.3, -0.25) is 0 Å². The monoisotopic (exact) mass is 378 g/mol. The van der Waals surface area contributed by atoms with Crippen molar-refractivity contribution >= 4 is 46.7 Å². The quantitative estimate of drug-likeness (QED) is 0.383. The third-order valence-electron chi connectivity index (χ3n) is 4.92. The summed E-state index contributed by atoms with van der Waals surface area (Å²) in [4.78, 5) is 2.17. The SMILES string of the molecule is O[B]Oc1ccc(N(c2ccccc2)c2ccc3oc4ccccc4c3c2)cc1. The van der Waals surface area contributed by atoms with E-state index < -0.39 is 0 Å². The van der Waals surface area contributed by atoms with Gasteiger partial charge < -0.3 is 19.0 Å². The summed E-state index contributed by atoms with van der Waals surface area (Å²) >= 11 is 0. The molecule has 0 aliphatic heterocycles. The van der Waals surface area contributed by atoms with Crippen molar-refractivity contribution in [3.8, 4) is 5.75 Å². The van der Waals surface area contributed by atoms with E-state index in [1.165, 1.54) is 0 Å². The van der Waals surface area contributed by atoms with Gasteiger partial charge in [0.25, 0.3) is 0 Å². The van der Waals surface area contributed by atoms with Gasteiger partial charge in [0.05, 0.1) is 0 Å². The van der Waals surface area contributed by atoms with Crippen molar-refractivity contribution in [2.45, 2.75) is 0 Å². The number of furan rings is 1. The van der Waals surface area contributed by atoms with E-state index in [4.69, 9.17) is 14.1 Å². The molecule has 139 valence electrons. The van der Waals surface area contributed by atoms with Crippen LogP contribution in [0, 0.1) is 0 Å². The van der Waals surface area contributed by atoms with Gasteiger partial charge in [0.2, 0.25) is 0 Å². The summed E-state index contributed by atoms with van der Waals surface area (Å²) in [6.07, 6.45) is 0. The Morgan fingerprint density at radius 2 is 1.31 bits per heavy atom. The van der Waals surface area contributed by atoms with Gasteiger partial charge in [-0.2, -0.15) is 0 Å². The molecule has 1 aromatic heterocycles. The van der Waals surface area contributed by atoms with E-state index in [9.17, 15) is 0 Å². The molecule has 1 heterocycles. The first-order valence-corrected chi connectivity index (χ1v) is 9.32. The van der Waals surface area contributed by atoms with Crippen LogP contribution in [-0.2, 0) is 0 Å². The van der Waals surface area contributed by atoms with Crippen LogP contribution in [0.4, 0.5) is 17.1 Å². The number of para-hydroxylation sites is 2. The number of fused-ring (bicyclic) bond motifs is 3. The number of nitrogens with zero attached hydrogens (tertiary/aromatic N) is 1. The Morgan fingerprint density at radius 3 is 2.10 bits per heavy atom. The Morgan fingerprint density at radius 1 is 0.655 bits per heavy atom. The van der Waals surface area contributed by atoms with Crippen LogP contribution in [0.25, 0.3) is 21.9 Å². The van der Waals surface area contributed by atoms with Gasteiger partial charge in [-0.15, -0.1) is 0 Å². The van der Waals surface area contributed by atoms with E-state index in [2.05, 4.69) is 35.2 Å². The van der Waals surface area contributed by atoms with Crippen molar-refractivity contribution in [2.24, 2.45) is 0 Å². The number of anilines is 3. The van der Waals surface area contributed by atoms with Crippen molar-refractivity contribution in [3.05, 3.63) is 97.1 Å². The summed E-state index contributed by atoms with van der Waals surface area (Å²) in [5.74, 6) is 0.570. The van der Waals surface area contributed by atoms with Crippen molar-refractivity contribution in [3.63, 3.8) is 0 Å². The number of rotatable bonds is 5. The lowest BCUT2D eigenvalue weighted by molar-refractivity contribution is 0.454. The first-order chi connectivity index (χ1) is 14.3. The molecule has 5 aromatic rings. The highest BCUT2D eigenvalue weighted by molar-refractivity contribution is 6.17. The molecule has 0 unspecified atom stereocenters. The van der Waals surface area contributed by atoms with E-state index in [1.807, 2.05) is 66.7 Å². The van der Waals surface area contributed by atoms with Crippen molar-refractivity contribution in [2.75, 3.05) is 4.90 Å². The minimum absolute atomic E-state index is 0.570. The van der Waals surface area contributed by atoms with Gasteiger partial charge >= 0.3 is 7.69 Å². The van der Waals surface area contributed by atoms with E-state index in [-0.39, 0.29) is 0 Å². The maximum Gasteiger partial charge on any atom is 0.569 e. The highest BCUT2D eigenvalue weighted by Gasteiger charge is 2.15. The van der Waals surface area contributed by atoms with Gasteiger partial charge in [0.1, 0.15) is 16.9 Å². The van der Waals surface area contributed by atoms with Crippen LogP contribution in [0.1, 0.15) is 0 Å². The molecule has 1 radical (unpaired) electrons. The second-order valence-electron chi connectivity index (χ2n) is 6.67. The fraction of sp³-hybridized carbons (Fsp3) is 0. The first kappa shape index (κ1) is 17.4. The smallest absolute Gasteiger partial charge is 0.537 e. The van der Waals surface area contributed by atoms with Crippen LogP contribution < -0.4 is 9.55 Å². The van der Waals surface area contributed by atoms with Crippen LogP contribution in [-0.4, -0.2) is 12.7 Å². The molecule has 0 bridgehead atoms. The largest absolute Gasteiger partial charge is 0.569 e. The molecule has 4 nitrogen and oxygen atoms in total. The van der Waals surface area contributed by atoms with E-state index in [0.717, 1.165) is 39.0 Å². The predicted octanol–water partition coefficient (Wildman–Crippen LogP) is 5.96. The summed E-state index contributed by atoms with van der Waals surface area (Å²) in [7, 11) is 0.682. The molecule has 5 heteroatoms. The lowest BCUT2D eigenvalue weighted by Gasteiger charge is -2.25. The molecule has 0 atom stereocenters. The van der Waals surface area contributed by atoms with Crippen LogP contribution in [0.3, 0.4) is 0 Å². The second kappa shape index (κ2) is 7.38. The highest BCUT2D eigenvalue weighted by atomic mass is 16.5. The van der Waals surface area contributed by atoms with Gasteiger partial charge in [0.15, 0.2) is 0 Å². The number of benzene rings is 4. The number of hydrogen-bond donors (Lipinski definition) is 1. The zero-order valence-corrected chi connectivity index (χ0v) is 15.5. The predicted molar refractivity (Wildman–Crippen MR) is 117 cm³/mol. The maximum atomic E-state index is 8.85. The fourth-order valence-corrected chi connectivity index (χ4v) is 3.61. The first-order valence-electron chi connectivity index (χ1n) is 9.32. The molecule has 1 N–H and O–H groups in total. The summed E-state index contributed by atoms with van der Waals surface area (Å²) in [6, 6.07) is 32.1. The molecule has 0 aliphatic rings. The van der Waals surface area contributed by atoms with Gasteiger partial charge in [-0.1, -0.05) is 36.4 Å². The van der Waals surface area contributed by atoms with Crippen LogP contribution in [0.5, 0.6) is 5.75 Å². The molecule has 29 heavy (non-hydrogen) atoms. The maximum absolute atomic E-state index is 8.85. The lowest BCUT2D eigenvalue weighted by Crippen LogP contribution is -2.09. The topological polar surface area (TPSA) is 45.8 Å². The van der Waals surface area contributed by atoms with Crippen molar-refractivity contribution in [1.82, 2.24) is 0 Å². The molecule has 5 rings (SSSR count). The third kappa shape index (κ3) is 3.22. The van der Waals surface area contributed by atoms with Crippen molar-refractivity contribution < 1.29 is 14.1 Å². The summed E-state index contributed by atoms with van der Waals surface area (Å²) in [5.41, 5.74) is 4.80. The van der Waals surface area contributed by atoms with Crippen molar-refractivity contribution in [1.29, 1.82) is 0 Å². The standard InChI is InChI=1S/C24H17BNO3/c27-25-29-20-13-10-18(11-14-20)26(17-6-2-1-3-7-17)19-12-15-24-22(16-19)21-8-4-5-9-23(21)28-24/h1-16,27H. The Hall–Kier alpha value is -3.70. The minimum Gasteiger partial charge on any atom is -0.537 e. The van der Waals surface area contributed by atoms with Crippen LogP contribution >= 0.6 is 0 Å². The fourth-order valence-electron chi connectivity index (χ4n) is 3.61. The Labute approximate surface area is 168 Å². The summed E-state index contributed by atoms with van der Waals surface area (Å²) in [5, 5.41) is 11.0. The Bertz CT molecular complexity index is 1270. The van der Waals surface area contributed by atoms with Gasteiger partial charge in [-0.25, -0.2) is 0 Å². The molecule has 0 spiro atoms. The molecule has 4 aromatic carbocycles. The number of hydrogen-bond acceptors (Lipinski definition) is 4. The molecular formula is C24H17BNO3. The second-order valence-corrected chi connectivity index (χ2v) is 6.67. The summed E-state index contributed by atoms with van der Waals surface area (Å²) < 4.78 is 11.0. The average molecular weight is 378 g/mol. The van der Waals surface area contributed by atoms with E-state index >= 15 is 0 Å². The summed E-state index contributed by atoms with van der Waals surface area (Å²) in [6.45, 7) is 0. The minimum atomic E-state index is 0.570. The molecule has 0 amide bonds.